The Hall–Kier alpha value is -1.39. The van der Waals surface area contributed by atoms with E-state index in [-0.39, 0.29) is 5.91 Å². The van der Waals surface area contributed by atoms with Crippen LogP contribution in [-0.4, -0.2) is 23.4 Å². The minimum absolute atomic E-state index is 0.152. The second kappa shape index (κ2) is 7.04. The van der Waals surface area contributed by atoms with Crippen molar-refractivity contribution in [1.82, 2.24) is 10.3 Å². The van der Waals surface area contributed by atoms with Crippen LogP contribution in [0.1, 0.15) is 25.8 Å². The average molecular weight is 235 g/mol. The number of carbonyl (C=O) groups is 1. The number of hydrogen-bond donors (Lipinski definition) is 2. The van der Waals surface area contributed by atoms with E-state index in [0.29, 0.717) is 12.6 Å². The highest BCUT2D eigenvalue weighted by Crippen LogP contribution is 2.09. The molecule has 0 saturated carbocycles. The van der Waals surface area contributed by atoms with Crippen LogP contribution in [0.2, 0.25) is 0 Å². The van der Waals surface area contributed by atoms with Crippen LogP contribution in [0.5, 0.6) is 0 Å². The molecule has 1 aromatic carbocycles. The molecule has 0 aromatic heterocycles. The minimum atomic E-state index is -0.152. The van der Waals surface area contributed by atoms with Gasteiger partial charge in [-0.05, 0) is 18.9 Å². The Bertz CT molecular complexity index is 340. The number of benzene rings is 1. The molecule has 4 heteroatoms. The number of rotatable bonds is 6. The molecule has 0 spiro atoms. The van der Waals surface area contributed by atoms with Crippen LogP contribution in [0.15, 0.2) is 30.3 Å². The van der Waals surface area contributed by atoms with Crippen molar-refractivity contribution < 1.29 is 4.79 Å². The summed E-state index contributed by atoms with van der Waals surface area (Å²) in [6.45, 7) is 5.33. The second-order valence-electron chi connectivity index (χ2n) is 4.22. The van der Waals surface area contributed by atoms with Gasteiger partial charge in [-0.1, -0.05) is 37.3 Å². The van der Waals surface area contributed by atoms with E-state index in [0.717, 1.165) is 13.0 Å². The van der Waals surface area contributed by atoms with Gasteiger partial charge in [-0.2, -0.15) is 0 Å². The molecule has 0 aliphatic heterocycles. The lowest BCUT2D eigenvalue weighted by Gasteiger charge is -2.27. The monoisotopic (exact) mass is 235 g/mol. The van der Waals surface area contributed by atoms with Crippen LogP contribution in [0.3, 0.4) is 0 Å². The predicted octanol–water partition coefficient (Wildman–Crippen LogP) is 1.28. The van der Waals surface area contributed by atoms with Crippen LogP contribution in [-0.2, 0) is 11.3 Å². The van der Waals surface area contributed by atoms with Crippen LogP contribution >= 0.6 is 0 Å². The topological polar surface area (TPSA) is 58.4 Å². The third-order valence-electron chi connectivity index (χ3n) is 2.95. The number of hydrazine groups is 1. The van der Waals surface area contributed by atoms with Crippen molar-refractivity contribution in [2.24, 2.45) is 5.84 Å². The Balaban J connectivity index is 2.67. The van der Waals surface area contributed by atoms with Crippen molar-refractivity contribution in [1.29, 1.82) is 0 Å². The lowest BCUT2D eigenvalue weighted by Crippen LogP contribution is -2.43. The van der Waals surface area contributed by atoms with Crippen molar-refractivity contribution in [3.8, 4) is 0 Å². The van der Waals surface area contributed by atoms with Gasteiger partial charge in [-0.25, -0.2) is 5.84 Å². The average Bonchev–Trinajstić information content (AvgIpc) is 2.38. The standard InChI is InChI=1S/C13H21N3O/c1-3-11(2)16(10-13(17)15-14)9-12-7-5-4-6-8-12/h4-8,11H,3,9-10,14H2,1-2H3,(H,15,17). The Morgan fingerprint density at radius 1 is 1.41 bits per heavy atom. The molecule has 0 fully saturated rings. The molecule has 0 heterocycles. The van der Waals surface area contributed by atoms with Crippen molar-refractivity contribution in [3.05, 3.63) is 35.9 Å². The van der Waals surface area contributed by atoms with Crippen LogP contribution in [0.25, 0.3) is 0 Å². The molecule has 0 bridgehead atoms. The van der Waals surface area contributed by atoms with Gasteiger partial charge in [0.2, 0.25) is 5.91 Å². The van der Waals surface area contributed by atoms with Gasteiger partial charge in [0, 0.05) is 12.6 Å². The normalized spacial score (nSPS) is 12.5. The quantitative estimate of drug-likeness (QED) is 0.443. The van der Waals surface area contributed by atoms with E-state index in [2.05, 4.69) is 36.3 Å². The molecular weight excluding hydrogens is 214 g/mol. The smallest absolute Gasteiger partial charge is 0.248 e. The summed E-state index contributed by atoms with van der Waals surface area (Å²) in [5.41, 5.74) is 3.39. The first-order valence-electron chi connectivity index (χ1n) is 5.94. The number of carbonyl (C=O) groups excluding carboxylic acids is 1. The molecule has 1 rings (SSSR count). The summed E-state index contributed by atoms with van der Waals surface area (Å²) in [5, 5.41) is 0. The van der Waals surface area contributed by atoms with E-state index >= 15 is 0 Å². The Kier molecular flexibility index (Phi) is 5.66. The molecule has 0 aliphatic rings. The number of nitrogens with one attached hydrogen (secondary N) is 1. The number of hydrogen-bond acceptors (Lipinski definition) is 3. The van der Waals surface area contributed by atoms with E-state index in [1.807, 2.05) is 18.2 Å². The number of nitrogens with two attached hydrogens (primary N) is 1. The molecular formula is C13H21N3O. The highest BCUT2D eigenvalue weighted by molar-refractivity contribution is 5.77. The fraction of sp³-hybridized carbons (Fsp3) is 0.462. The second-order valence-corrected chi connectivity index (χ2v) is 4.22. The van der Waals surface area contributed by atoms with Gasteiger partial charge in [0.15, 0.2) is 0 Å². The molecule has 0 saturated heterocycles. The van der Waals surface area contributed by atoms with Crippen LogP contribution in [0.4, 0.5) is 0 Å². The van der Waals surface area contributed by atoms with E-state index in [9.17, 15) is 4.79 Å². The number of nitrogens with zero attached hydrogens (tertiary/aromatic N) is 1. The summed E-state index contributed by atoms with van der Waals surface area (Å²) >= 11 is 0. The Labute approximate surface area is 103 Å². The van der Waals surface area contributed by atoms with Crippen LogP contribution in [0, 0.1) is 0 Å². The first kappa shape index (κ1) is 13.7. The molecule has 1 amide bonds. The summed E-state index contributed by atoms with van der Waals surface area (Å²) in [4.78, 5) is 13.5. The molecule has 4 nitrogen and oxygen atoms in total. The largest absolute Gasteiger partial charge is 0.293 e. The molecule has 0 radical (unpaired) electrons. The maximum atomic E-state index is 11.4. The number of amides is 1. The van der Waals surface area contributed by atoms with Crippen molar-refractivity contribution in [2.75, 3.05) is 6.54 Å². The fourth-order valence-corrected chi connectivity index (χ4v) is 1.67. The molecule has 1 unspecified atom stereocenters. The zero-order valence-electron chi connectivity index (χ0n) is 10.5. The van der Waals surface area contributed by atoms with Crippen molar-refractivity contribution in [3.63, 3.8) is 0 Å². The van der Waals surface area contributed by atoms with Gasteiger partial charge in [-0.15, -0.1) is 0 Å². The summed E-state index contributed by atoms with van der Waals surface area (Å²) in [5.74, 6) is 4.98. The Morgan fingerprint density at radius 3 is 2.59 bits per heavy atom. The summed E-state index contributed by atoms with van der Waals surface area (Å²) in [6, 6.07) is 10.5. The molecule has 94 valence electrons. The van der Waals surface area contributed by atoms with Gasteiger partial charge in [-0.3, -0.25) is 15.1 Å². The van der Waals surface area contributed by atoms with E-state index in [1.165, 1.54) is 5.56 Å². The molecule has 3 N–H and O–H groups in total. The van der Waals surface area contributed by atoms with Crippen molar-refractivity contribution >= 4 is 5.91 Å². The minimum Gasteiger partial charge on any atom is -0.293 e. The first-order chi connectivity index (χ1) is 8.17. The molecule has 1 aromatic rings. The van der Waals surface area contributed by atoms with E-state index in [1.54, 1.807) is 0 Å². The summed E-state index contributed by atoms with van der Waals surface area (Å²) in [6.07, 6.45) is 1.00. The van der Waals surface area contributed by atoms with Crippen molar-refractivity contribution in [2.45, 2.75) is 32.9 Å². The highest BCUT2D eigenvalue weighted by Gasteiger charge is 2.15. The first-order valence-corrected chi connectivity index (χ1v) is 5.94. The Morgan fingerprint density at radius 2 is 2.06 bits per heavy atom. The third kappa shape index (κ3) is 4.54. The zero-order valence-corrected chi connectivity index (χ0v) is 10.5. The van der Waals surface area contributed by atoms with Gasteiger partial charge in [0.1, 0.15) is 0 Å². The van der Waals surface area contributed by atoms with Gasteiger partial charge < -0.3 is 0 Å². The lowest BCUT2D eigenvalue weighted by atomic mass is 10.1. The fourth-order valence-electron chi connectivity index (χ4n) is 1.67. The molecule has 17 heavy (non-hydrogen) atoms. The maximum Gasteiger partial charge on any atom is 0.248 e. The zero-order chi connectivity index (χ0) is 12.7. The van der Waals surface area contributed by atoms with Gasteiger partial charge in [0.05, 0.1) is 6.54 Å². The third-order valence-corrected chi connectivity index (χ3v) is 2.95. The maximum absolute atomic E-state index is 11.4. The SMILES string of the molecule is CCC(C)N(CC(=O)NN)Cc1ccccc1. The van der Waals surface area contributed by atoms with E-state index in [4.69, 9.17) is 5.84 Å². The van der Waals surface area contributed by atoms with E-state index < -0.39 is 0 Å². The van der Waals surface area contributed by atoms with Gasteiger partial charge >= 0.3 is 0 Å². The summed E-state index contributed by atoms with van der Waals surface area (Å²) < 4.78 is 0. The van der Waals surface area contributed by atoms with Crippen LogP contribution < -0.4 is 11.3 Å². The predicted molar refractivity (Wildman–Crippen MR) is 68.9 cm³/mol. The molecule has 0 aliphatic carbocycles. The highest BCUT2D eigenvalue weighted by atomic mass is 16.2. The summed E-state index contributed by atoms with van der Waals surface area (Å²) in [7, 11) is 0. The van der Waals surface area contributed by atoms with Gasteiger partial charge in [0.25, 0.3) is 0 Å². The molecule has 1 atom stereocenters. The lowest BCUT2D eigenvalue weighted by molar-refractivity contribution is -0.123.